The molecule has 0 bridgehead atoms. The van der Waals surface area contributed by atoms with Crippen LogP contribution in [0.4, 0.5) is 15.9 Å². The zero-order valence-electron chi connectivity index (χ0n) is 17.3. The van der Waals surface area contributed by atoms with Crippen LogP contribution in [0.5, 0.6) is 0 Å². The van der Waals surface area contributed by atoms with E-state index in [-0.39, 0.29) is 5.57 Å². The zero-order valence-corrected chi connectivity index (χ0v) is 17.3. The molecule has 0 unspecified atom stereocenters. The van der Waals surface area contributed by atoms with Gasteiger partial charge in [0.1, 0.15) is 5.82 Å². The van der Waals surface area contributed by atoms with E-state index in [4.69, 9.17) is 5.73 Å². The first kappa shape index (κ1) is 20.8. The molecule has 32 heavy (non-hydrogen) atoms. The van der Waals surface area contributed by atoms with Crippen LogP contribution in [0.3, 0.4) is 0 Å². The van der Waals surface area contributed by atoms with Crippen LogP contribution in [0.15, 0.2) is 84.8 Å². The second-order valence-electron chi connectivity index (χ2n) is 7.26. The third-order valence-corrected chi connectivity index (χ3v) is 5.26. The molecule has 0 fully saturated rings. The Morgan fingerprint density at radius 2 is 1.81 bits per heavy atom. The van der Waals surface area contributed by atoms with E-state index in [1.54, 1.807) is 61.7 Å². The van der Waals surface area contributed by atoms with E-state index < -0.39 is 11.7 Å². The first-order valence-electron chi connectivity index (χ1n) is 9.90. The number of hydrogen-bond acceptors (Lipinski definition) is 4. The van der Waals surface area contributed by atoms with Crippen LogP contribution in [0.2, 0.25) is 0 Å². The van der Waals surface area contributed by atoms with Gasteiger partial charge in [0, 0.05) is 17.3 Å². The lowest BCUT2D eigenvalue weighted by molar-refractivity contribution is -0.114. The summed E-state index contributed by atoms with van der Waals surface area (Å²) in [5.74, 6) is -1.38. The Kier molecular flexibility index (Phi) is 5.65. The Balaban J connectivity index is 1.56. The summed E-state index contributed by atoms with van der Waals surface area (Å²) in [6, 6.07) is 23.4. The van der Waals surface area contributed by atoms with Crippen LogP contribution in [-0.2, 0) is 4.79 Å². The van der Waals surface area contributed by atoms with Crippen LogP contribution in [-0.4, -0.2) is 10.9 Å². The number of carbonyl (C=O) groups excluding carboxylic acids is 1. The molecule has 0 saturated heterocycles. The Labute approximate surface area is 184 Å². The van der Waals surface area contributed by atoms with E-state index in [0.717, 1.165) is 16.5 Å². The Bertz CT molecular complexity index is 1400. The van der Waals surface area contributed by atoms with E-state index in [2.05, 4.69) is 16.4 Å². The lowest BCUT2D eigenvalue weighted by Crippen LogP contribution is -2.13. The molecule has 156 valence electrons. The molecule has 0 aliphatic heterocycles. The van der Waals surface area contributed by atoms with E-state index in [1.807, 2.05) is 24.3 Å². The standard InChI is InChI=1S/C26H19FN4O/c1-16(19-7-6-18-12-13-30-25(29)23(18)14-19)24(27)26(32)31-21-10-8-17(9-11-21)22-5-3-2-4-20(22)15-28/h2-14H,1H3,(H2,29,30)(H,31,32)/b24-16+. The number of nitrogens with zero attached hydrogens (tertiary/aromatic N) is 2. The predicted octanol–water partition coefficient (Wildman–Crippen LogP) is 5.69. The number of amides is 1. The zero-order chi connectivity index (χ0) is 22.7. The number of fused-ring (bicyclic) bond motifs is 1. The maximum Gasteiger partial charge on any atom is 0.284 e. The molecule has 0 radical (unpaired) electrons. The van der Waals surface area contributed by atoms with Gasteiger partial charge in [-0.05, 0) is 64.9 Å². The average Bonchev–Trinajstić information content (AvgIpc) is 2.83. The minimum Gasteiger partial charge on any atom is -0.383 e. The Hall–Kier alpha value is -4.50. The number of benzene rings is 3. The molecule has 0 saturated carbocycles. The highest BCUT2D eigenvalue weighted by atomic mass is 19.1. The number of halogens is 1. The van der Waals surface area contributed by atoms with Crippen molar-refractivity contribution < 1.29 is 9.18 Å². The van der Waals surface area contributed by atoms with E-state index in [9.17, 15) is 14.4 Å². The molecule has 5 nitrogen and oxygen atoms in total. The molecule has 3 aromatic carbocycles. The smallest absolute Gasteiger partial charge is 0.284 e. The molecular weight excluding hydrogens is 403 g/mol. The highest BCUT2D eigenvalue weighted by Gasteiger charge is 2.15. The van der Waals surface area contributed by atoms with Crippen molar-refractivity contribution in [1.29, 1.82) is 5.26 Å². The number of nitrogens with one attached hydrogen (secondary N) is 1. The van der Waals surface area contributed by atoms with Gasteiger partial charge in [0.15, 0.2) is 5.83 Å². The summed E-state index contributed by atoms with van der Waals surface area (Å²) in [6.45, 7) is 1.55. The Morgan fingerprint density at radius 1 is 1.06 bits per heavy atom. The first-order chi connectivity index (χ1) is 15.5. The molecule has 3 N–H and O–H groups in total. The third-order valence-electron chi connectivity index (χ3n) is 5.26. The van der Waals surface area contributed by atoms with E-state index in [0.29, 0.717) is 28.0 Å². The normalized spacial score (nSPS) is 11.5. The minimum absolute atomic E-state index is 0.201. The number of anilines is 2. The summed E-state index contributed by atoms with van der Waals surface area (Å²) in [7, 11) is 0. The van der Waals surface area contributed by atoms with E-state index in [1.165, 1.54) is 0 Å². The van der Waals surface area contributed by atoms with Gasteiger partial charge in [0.2, 0.25) is 0 Å². The molecule has 0 atom stereocenters. The topological polar surface area (TPSA) is 91.8 Å². The van der Waals surface area contributed by atoms with Crippen molar-refractivity contribution in [2.75, 3.05) is 11.1 Å². The molecule has 1 heterocycles. The minimum atomic E-state index is -0.884. The fourth-order valence-electron chi connectivity index (χ4n) is 3.47. The number of pyridine rings is 1. The predicted molar refractivity (Wildman–Crippen MR) is 125 cm³/mol. The Morgan fingerprint density at radius 3 is 2.56 bits per heavy atom. The maximum absolute atomic E-state index is 14.9. The van der Waals surface area contributed by atoms with E-state index >= 15 is 0 Å². The highest BCUT2D eigenvalue weighted by Crippen LogP contribution is 2.28. The molecule has 0 aliphatic carbocycles. The third kappa shape index (κ3) is 4.05. The van der Waals surface area contributed by atoms with Gasteiger partial charge in [-0.15, -0.1) is 0 Å². The number of nitrogen functional groups attached to an aromatic ring is 1. The monoisotopic (exact) mass is 422 g/mol. The second kappa shape index (κ2) is 8.70. The molecule has 4 rings (SSSR count). The summed E-state index contributed by atoms with van der Waals surface area (Å²) in [4.78, 5) is 16.5. The van der Waals surface area contributed by atoms with Gasteiger partial charge in [-0.3, -0.25) is 4.79 Å². The number of nitriles is 1. The molecular formula is C26H19FN4O. The van der Waals surface area contributed by atoms with Gasteiger partial charge in [-0.2, -0.15) is 5.26 Å². The van der Waals surface area contributed by atoms with Gasteiger partial charge in [0.05, 0.1) is 11.6 Å². The summed E-state index contributed by atoms with van der Waals surface area (Å²) >= 11 is 0. The SMILES string of the molecule is C/C(=C(\F)C(=O)Nc1ccc(-c2ccccc2C#N)cc1)c1ccc2ccnc(N)c2c1. The summed E-state index contributed by atoms with van der Waals surface area (Å²) in [5.41, 5.74) is 9.29. The number of aromatic nitrogens is 1. The summed E-state index contributed by atoms with van der Waals surface area (Å²) in [6.07, 6.45) is 1.61. The molecule has 1 amide bonds. The van der Waals surface area contributed by atoms with Crippen molar-refractivity contribution in [1.82, 2.24) is 4.98 Å². The van der Waals surface area contributed by atoms with Gasteiger partial charge in [-0.1, -0.05) is 42.5 Å². The molecule has 0 spiro atoms. The summed E-state index contributed by atoms with van der Waals surface area (Å²) < 4.78 is 14.9. The van der Waals surface area contributed by atoms with Crippen LogP contribution in [0.1, 0.15) is 18.1 Å². The van der Waals surface area contributed by atoms with Crippen molar-refractivity contribution >= 4 is 33.8 Å². The number of rotatable bonds is 4. The first-order valence-corrected chi connectivity index (χ1v) is 9.90. The van der Waals surface area contributed by atoms with Crippen molar-refractivity contribution in [3.8, 4) is 17.2 Å². The van der Waals surface area contributed by atoms with Crippen LogP contribution in [0.25, 0.3) is 27.5 Å². The van der Waals surface area contributed by atoms with Gasteiger partial charge < -0.3 is 11.1 Å². The van der Waals surface area contributed by atoms with Gasteiger partial charge in [0.25, 0.3) is 5.91 Å². The highest BCUT2D eigenvalue weighted by molar-refractivity contribution is 6.07. The van der Waals surface area contributed by atoms with Crippen LogP contribution in [0, 0.1) is 11.3 Å². The number of allylic oxidation sites excluding steroid dienone is 1. The number of nitrogens with two attached hydrogens (primary N) is 1. The van der Waals surface area contributed by atoms with Crippen LogP contribution >= 0.6 is 0 Å². The fraction of sp³-hybridized carbons (Fsp3) is 0.0385. The van der Waals surface area contributed by atoms with Crippen molar-refractivity contribution in [2.45, 2.75) is 6.92 Å². The second-order valence-corrected chi connectivity index (χ2v) is 7.26. The van der Waals surface area contributed by atoms with Crippen molar-refractivity contribution in [3.63, 3.8) is 0 Å². The number of carbonyl (C=O) groups is 1. The lowest BCUT2D eigenvalue weighted by atomic mass is 10.0. The number of hydrogen-bond donors (Lipinski definition) is 2. The maximum atomic E-state index is 14.9. The fourth-order valence-corrected chi connectivity index (χ4v) is 3.47. The van der Waals surface area contributed by atoms with Crippen LogP contribution < -0.4 is 11.1 Å². The average molecular weight is 422 g/mol. The molecule has 1 aromatic heterocycles. The molecule has 4 aromatic rings. The largest absolute Gasteiger partial charge is 0.383 e. The van der Waals surface area contributed by atoms with Crippen molar-refractivity contribution in [2.24, 2.45) is 0 Å². The van der Waals surface area contributed by atoms with Gasteiger partial charge >= 0.3 is 0 Å². The van der Waals surface area contributed by atoms with Crippen molar-refractivity contribution in [3.05, 3.63) is 95.9 Å². The lowest BCUT2D eigenvalue weighted by Gasteiger charge is -2.10. The quantitative estimate of drug-likeness (QED) is 0.413. The molecule has 0 aliphatic rings. The van der Waals surface area contributed by atoms with Gasteiger partial charge in [-0.25, -0.2) is 9.37 Å². The molecule has 6 heteroatoms. The summed E-state index contributed by atoms with van der Waals surface area (Å²) in [5, 5.41) is 13.4.